The second-order valence-electron chi connectivity index (χ2n) is 8.19. The lowest BCUT2D eigenvalue weighted by Gasteiger charge is -2.28. The first kappa shape index (κ1) is 19.0. The molecule has 2 amide bonds. The average molecular weight is 396 g/mol. The van der Waals surface area contributed by atoms with Crippen molar-refractivity contribution in [1.82, 2.24) is 10.3 Å². The van der Waals surface area contributed by atoms with E-state index in [9.17, 15) is 9.59 Å². The molecular formula is C21H24N4O4. The van der Waals surface area contributed by atoms with Gasteiger partial charge in [0.25, 0.3) is 0 Å². The number of hydrogen-bond donors (Lipinski definition) is 2. The van der Waals surface area contributed by atoms with Crippen molar-refractivity contribution in [2.75, 3.05) is 10.2 Å². The number of carbonyl (C=O) groups excluding carboxylic acids is 2. The number of aromatic nitrogens is 1. The summed E-state index contributed by atoms with van der Waals surface area (Å²) < 4.78 is 11.0. The van der Waals surface area contributed by atoms with Crippen LogP contribution in [0.5, 0.6) is 0 Å². The summed E-state index contributed by atoms with van der Waals surface area (Å²) in [6.45, 7) is 7.87. The number of nitrogens with one attached hydrogen (secondary N) is 2. The molecule has 1 saturated heterocycles. The number of anilines is 3. The fourth-order valence-electron chi connectivity index (χ4n) is 3.50. The second kappa shape index (κ2) is 6.95. The van der Waals surface area contributed by atoms with Gasteiger partial charge in [-0.15, -0.1) is 0 Å². The van der Waals surface area contributed by atoms with Gasteiger partial charge in [-0.2, -0.15) is 0 Å². The molecule has 0 saturated carbocycles. The fraction of sp³-hybridized carbons (Fsp3) is 0.381. The van der Waals surface area contributed by atoms with Crippen molar-refractivity contribution >= 4 is 29.4 Å². The summed E-state index contributed by atoms with van der Waals surface area (Å²) >= 11 is 0. The third-order valence-electron chi connectivity index (χ3n) is 4.75. The Morgan fingerprint density at radius 3 is 2.79 bits per heavy atom. The molecular weight excluding hydrogens is 372 g/mol. The number of pyridine rings is 1. The van der Waals surface area contributed by atoms with E-state index in [1.54, 1.807) is 6.20 Å². The van der Waals surface area contributed by atoms with Gasteiger partial charge < -0.3 is 20.1 Å². The van der Waals surface area contributed by atoms with Gasteiger partial charge in [-0.05, 0) is 51.5 Å². The van der Waals surface area contributed by atoms with Crippen LogP contribution in [0, 0.1) is 0 Å². The van der Waals surface area contributed by atoms with Crippen molar-refractivity contribution in [3.8, 4) is 0 Å². The monoisotopic (exact) mass is 396 g/mol. The normalized spacial score (nSPS) is 20.6. The van der Waals surface area contributed by atoms with E-state index in [0.29, 0.717) is 18.1 Å². The second-order valence-corrected chi connectivity index (χ2v) is 8.19. The molecule has 29 heavy (non-hydrogen) atoms. The number of nitrogens with zero attached hydrogens (tertiary/aromatic N) is 2. The number of alkyl carbamates (subject to hydrolysis) is 1. The summed E-state index contributed by atoms with van der Waals surface area (Å²) in [6.07, 6.45) is 0.323. The molecule has 2 unspecified atom stereocenters. The van der Waals surface area contributed by atoms with E-state index >= 15 is 0 Å². The summed E-state index contributed by atoms with van der Waals surface area (Å²) in [6, 6.07) is 9.19. The van der Waals surface area contributed by atoms with E-state index < -0.39 is 23.9 Å². The maximum absolute atomic E-state index is 13.1. The molecule has 2 atom stereocenters. The van der Waals surface area contributed by atoms with E-state index in [2.05, 4.69) is 15.6 Å². The zero-order chi connectivity index (χ0) is 20.8. The van der Waals surface area contributed by atoms with Crippen LogP contribution in [0.1, 0.15) is 44.9 Å². The van der Waals surface area contributed by atoms with Crippen molar-refractivity contribution in [3.63, 3.8) is 0 Å². The Morgan fingerprint density at radius 1 is 1.31 bits per heavy atom. The van der Waals surface area contributed by atoms with E-state index in [1.165, 1.54) is 4.90 Å². The van der Waals surface area contributed by atoms with Gasteiger partial charge in [-0.1, -0.05) is 12.1 Å². The van der Waals surface area contributed by atoms with Gasteiger partial charge in [-0.25, -0.2) is 19.5 Å². The number of hydrogen-bond acceptors (Lipinski definition) is 6. The quantitative estimate of drug-likeness (QED) is 0.749. The van der Waals surface area contributed by atoms with Crippen molar-refractivity contribution in [2.24, 2.45) is 0 Å². The highest BCUT2D eigenvalue weighted by Crippen LogP contribution is 2.40. The Morgan fingerprint density at radius 2 is 2.10 bits per heavy atom. The molecule has 8 heteroatoms. The molecule has 0 radical (unpaired) electrons. The number of fused-ring (bicyclic) bond motifs is 2. The minimum atomic E-state index is -0.648. The lowest BCUT2D eigenvalue weighted by Crippen LogP contribution is -2.34. The summed E-state index contributed by atoms with van der Waals surface area (Å²) in [7, 11) is 0. The largest absolute Gasteiger partial charge is 0.443 e. The molecule has 1 aromatic carbocycles. The zero-order valence-electron chi connectivity index (χ0n) is 16.9. The average Bonchev–Trinajstić information content (AvgIpc) is 2.89. The zero-order valence-corrected chi connectivity index (χ0v) is 16.9. The van der Waals surface area contributed by atoms with Gasteiger partial charge in [0, 0.05) is 18.3 Å². The molecule has 2 aliphatic rings. The Kier molecular flexibility index (Phi) is 4.56. The highest BCUT2D eigenvalue weighted by molar-refractivity contribution is 6.00. The predicted octanol–water partition coefficient (Wildman–Crippen LogP) is 4.25. The molecule has 4 rings (SSSR count). The van der Waals surface area contributed by atoms with Crippen molar-refractivity contribution in [3.05, 3.63) is 47.7 Å². The van der Waals surface area contributed by atoms with Gasteiger partial charge in [0.05, 0.1) is 17.4 Å². The first-order valence-electron chi connectivity index (χ1n) is 9.55. The summed E-state index contributed by atoms with van der Waals surface area (Å²) in [5.74, 6) is 0.531. The molecule has 2 N–H and O–H groups in total. The summed E-state index contributed by atoms with van der Waals surface area (Å²) in [5.41, 5.74) is 2.43. The minimum absolute atomic E-state index is 0.146. The van der Waals surface area contributed by atoms with Crippen LogP contribution in [0.15, 0.2) is 36.5 Å². The molecule has 1 fully saturated rings. The van der Waals surface area contributed by atoms with E-state index in [1.807, 2.05) is 58.0 Å². The van der Waals surface area contributed by atoms with Crippen LogP contribution in [0.4, 0.5) is 26.8 Å². The van der Waals surface area contributed by atoms with Gasteiger partial charge in [0.1, 0.15) is 17.5 Å². The number of benzene rings is 1. The summed E-state index contributed by atoms with van der Waals surface area (Å²) in [4.78, 5) is 30.6. The number of ether oxygens (including phenoxy) is 2. The van der Waals surface area contributed by atoms with Gasteiger partial charge in [0.15, 0.2) is 0 Å². The molecule has 2 aliphatic heterocycles. The standard InChI is InChI=1S/C21H24N4O4/c1-12-17(28-19(26)24-12)13-7-8-16-15(10-13)23-11-14-6-5-9-22-18(14)25(16)20(27)29-21(2,3)4/h5-10,12,17,23H,11H2,1-4H3,(H,24,26). The molecule has 8 nitrogen and oxygen atoms in total. The maximum Gasteiger partial charge on any atom is 0.420 e. The fourth-order valence-corrected chi connectivity index (χ4v) is 3.50. The first-order valence-corrected chi connectivity index (χ1v) is 9.55. The molecule has 0 aliphatic carbocycles. The van der Waals surface area contributed by atoms with Crippen LogP contribution < -0.4 is 15.5 Å². The van der Waals surface area contributed by atoms with Crippen LogP contribution >= 0.6 is 0 Å². The Labute approximate surface area is 169 Å². The van der Waals surface area contributed by atoms with E-state index in [-0.39, 0.29) is 6.04 Å². The Balaban J connectivity index is 1.77. The number of cyclic esters (lactones) is 1. The van der Waals surface area contributed by atoms with Crippen molar-refractivity contribution in [2.45, 2.75) is 52.0 Å². The number of carbonyl (C=O) groups is 2. The van der Waals surface area contributed by atoms with E-state index in [0.717, 1.165) is 16.8 Å². The highest BCUT2D eigenvalue weighted by Gasteiger charge is 2.34. The SMILES string of the molecule is CC1NC(=O)OC1c1ccc2c(c1)NCc1cccnc1N2C(=O)OC(C)(C)C. The maximum atomic E-state index is 13.1. The Bertz CT molecular complexity index is 969. The smallest absolute Gasteiger partial charge is 0.420 e. The molecule has 152 valence electrons. The van der Waals surface area contributed by atoms with Gasteiger partial charge in [-0.3, -0.25) is 0 Å². The number of amides is 2. The topological polar surface area (TPSA) is 92.8 Å². The van der Waals surface area contributed by atoms with Crippen LogP contribution in [0.2, 0.25) is 0 Å². The molecule has 1 aromatic heterocycles. The third kappa shape index (κ3) is 3.70. The lowest BCUT2D eigenvalue weighted by molar-refractivity contribution is 0.0598. The predicted molar refractivity (Wildman–Crippen MR) is 108 cm³/mol. The lowest BCUT2D eigenvalue weighted by atomic mass is 10.0. The van der Waals surface area contributed by atoms with Crippen LogP contribution in [-0.4, -0.2) is 28.8 Å². The first-order chi connectivity index (χ1) is 13.7. The molecule has 3 heterocycles. The van der Waals surface area contributed by atoms with Crippen LogP contribution in [0.25, 0.3) is 0 Å². The van der Waals surface area contributed by atoms with Crippen molar-refractivity contribution < 1.29 is 19.1 Å². The molecule has 0 spiro atoms. The van der Waals surface area contributed by atoms with Crippen molar-refractivity contribution in [1.29, 1.82) is 0 Å². The number of rotatable bonds is 1. The van der Waals surface area contributed by atoms with Gasteiger partial charge in [0.2, 0.25) is 0 Å². The summed E-state index contributed by atoms with van der Waals surface area (Å²) in [5, 5.41) is 6.12. The highest BCUT2D eigenvalue weighted by atomic mass is 16.6. The van der Waals surface area contributed by atoms with Crippen LogP contribution in [-0.2, 0) is 16.0 Å². The third-order valence-corrected chi connectivity index (χ3v) is 4.75. The molecule has 2 aromatic rings. The molecule has 0 bridgehead atoms. The van der Waals surface area contributed by atoms with E-state index in [4.69, 9.17) is 9.47 Å². The van der Waals surface area contributed by atoms with Gasteiger partial charge >= 0.3 is 12.2 Å². The minimum Gasteiger partial charge on any atom is -0.443 e. The Hall–Kier alpha value is -3.29. The van der Waals surface area contributed by atoms with Crippen LogP contribution in [0.3, 0.4) is 0 Å².